The van der Waals surface area contributed by atoms with E-state index in [1.807, 2.05) is 0 Å². The number of hydrogen-bond donors (Lipinski definition) is 0. The molecule has 1 heterocycles. The molecule has 0 saturated carbocycles. The summed E-state index contributed by atoms with van der Waals surface area (Å²) in [4.78, 5) is 0. The Bertz CT molecular complexity index is 794. The van der Waals surface area contributed by atoms with Gasteiger partial charge in [0.1, 0.15) is 6.54 Å². The number of hydrogen-bond acceptors (Lipinski definition) is 1. The number of imidazole rings is 1. The fraction of sp³-hybridized carbons (Fsp3) is 0.435. The lowest BCUT2D eigenvalue weighted by atomic mass is 10.0. The molecular weight excluding hydrogens is 320 g/mol. The van der Waals surface area contributed by atoms with Gasteiger partial charge in [-0.15, -0.1) is 0 Å². The maximum absolute atomic E-state index is 6.09. The molecule has 2 aromatic carbocycles. The van der Waals surface area contributed by atoms with E-state index in [4.69, 9.17) is 4.74 Å². The van der Waals surface area contributed by atoms with Gasteiger partial charge in [-0.1, -0.05) is 75.6 Å². The van der Waals surface area contributed by atoms with Crippen molar-refractivity contribution < 1.29 is 9.30 Å². The van der Waals surface area contributed by atoms with Gasteiger partial charge >= 0.3 is 0 Å². The van der Waals surface area contributed by atoms with Gasteiger partial charge in [0.05, 0.1) is 6.61 Å². The van der Waals surface area contributed by atoms with Crippen LogP contribution in [-0.4, -0.2) is 11.2 Å². The van der Waals surface area contributed by atoms with E-state index in [0.717, 1.165) is 13.2 Å². The van der Waals surface area contributed by atoms with Gasteiger partial charge < -0.3 is 4.74 Å². The summed E-state index contributed by atoms with van der Waals surface area (Å²) in [5.74, 6) is 0.674. The number of benzene rings is 2. The SMILES string of the molecule is CCCC[C@H](CC)COCn1c[n+](Cc2ccccc2)c2ccccc21. The zero-order valence-electron chi connectivity index (χ0n) is 16.1. The predicted molar refractivity (Wildman–Crippen MR) is 107 cm³/mol. The number of ether oxygens (including phenoxy) is 1. The number of fused-ring (bicyclic) bond motifs is 1. The van der Waals surface area contributed by atoms with Gasteiger partial charge in [0.15, 0.2) is 17.8 Å². The lowest BCUT2D eigenvalue weighted by molar-refractivity contribution is -0.663. The van der Waals surface area contributed by atoms with Gasteiger partial charge in [-0.3, -0.25) is 0 Å². The Hall–Kier alpha value is -2.13. The molecule has 0 radical (unpaired) electrons. The second-order valence-electron chi connectivity index (χ2n) is 7.10. The van der Waals surface area contributed by atoms with Crippen molar-refractivity contribution in [2.24, 2.45) is 5.92 Å². The van der Waals surface area contributed by atoms with E-state index in [9.17, 15) is 0 Å². The van der Waals surface area contributed by atoms with Gasteiger partial charge in [0.25, 0.3) is 0 Å². The summed E-state index contributed by atoms with van der Waals surface area (Å²) in [6, 6.07) is 19.2. The highest BCUT2D eigenvalue weighted by atomic mass is 16.5. The molecule has 0 bridgehead atoms. The lowest BCUT2D eigenvalue weighted by Crippen LogP contribution is -2.32. The van der Waals surface area contributed by atoms with Gasteiger partial charge in [-0.25, -0.2) is 9.13 Å². The van der Waals surface area contributed by atoms with Crippen LogP contribution in [0, 0.1) is 5.92 Å². The first-order valence-corrected chi connectivity index (χ1v) is 9.90. The van der Waals surface area contributed by atoms with E-state index >= 15 is 0 Å². The maximum atomic E-state index is 6.09. The maximum Gasteiger partial charge on any atom is 0.246 e. The average Bonchev–Trinajstić information content (AvgIpc) is 3.03. The van der Waals surface area contributed by atoms with E-state index in [1.54, 1.807) is 0 Å². The van der Waals surface area contributed by atoms with Gasteiger partial charge in [0.2, 0.25) is 6.33 Å². The largest absolute Gasteiger partial charge is 0.341 e. The van der Waals surface area contributed by atoms with Crippen molar-refractivity contribution in [3.05, 3.63) is 66.5 Å². The first-order valence-electron chi connectivity index (χ1n) is 9.90. The number of aromatic nitrogens is 2. The van der Waals surface area contributed by atoms with Crippen molar-refractivity contribution in [3.8, 4) is 0 Å². The molecule has 0 unspecified atom stereocenters. The van der Waals surface area contributed by atoms with Crippen LogP contribution in [0.25, 0.3) is 11.0 Å². The van der Waals surface area contributed by atoms with Crippen LogP contribution in [0.15, 0.2) is 60.9 Å². The summed E-state index contributed by atoms with van der Waals surface area (Å²) in [5, 5.41) is 0. The molecule has 0 spiro atoms. The topological polar surface area (TPSA) is 18.0 Å². The molecular formula is C23H31N2O+. The Labute approximate surface area is 157 Å². The van der Waals surface area contributed by atoms with Gasteiger partial charge in [0, 0.05) is 0 Å². The van der Waals surface area contributed by atoms with Crippen LogP contribution in [0.1, 0.15) is 45.1 Å². The Morgan fingerprint density at radius 1 is 1.00 bits per heavy atom. The number of unbranched alkanes of at least 4 members (excludes halogenated alkanes) is 1. The molecule has 1 atom stereocenters. The smallest absolute Gasteiger partial charge is 0.246 e. The van der Waals surface area contributed by atoms with E-state index in [-0.39, 0.29) is 0 Å². The van der Waals surface area contributed by atoms with E-state index in [1.165, 1.54) is 42.3 Å². The van der Waals surface area contributed by atoms with Gasteiger partial charge in [-0.05, 0) is 30.0 Å². The molecule has 3 aromatic rings. The third-order valence-corrected chi connectivity index (χ3v) is 5.10. The predicted octanol–water partition coefficient (Wildman–Crippen LogP) is 5.17. The highest BCUT2D eigenvalue weighted by molar-refractivity contribution is 5.71. The van der Waals surface area contributed by atoms with Crippen LogP contribution in [0.2, 0.25) is 0 Å². The average molecular weight is 352 g/mol. The zero-order valence-corrected chi connectivity index (χ0v) is 16.1. The highest BCUT2D eigenvalue weighted by Crippen LogP contribution is 2.15. The van der Waals surface area contributed by atoms with Crippen LogP contribution in [-0.2, 0) is 18.0 Å². The number of para-hydroxylation sites is 2. The lowest BCUT2D eigenvalue weighted by Gasteiger charge is -2.13. The summed E-state index contributed by atoms with van der Waals surface area (Å²) in [6.07, 6.45) is 7.21. The number of rotatable bonds is 10. The molecule has 3 rings (SSSR count). The van der Waals surface area contributed by atoms with Crippen molar-refractivity contribution in [1.29, 1.82) is 0 Å². The molecule has 3 nitrogen and oxygen atoms in total. The molecule has 0 aliphatic heterocycles. The van der Waals surface area contributed by atoms with E-state index in [2.05, 4.69) is 83.9 Å². The molecule has 0 amide bonds. The van der Waals surface area contributed by atoms with Crippen molar-refractivity contribution >= 4 is 11.0 Å². The minimum atomic E-state index is 0.616. The fourth-order valence-corrected chi connectivity index (χ4v) is 3.47. The minimum absolute atomic E-state index is 0.616. The summed E-state index contributed by atoms with van der Waals surface area (Å²) in [7, 11) is 0. The number of nitrogens with zero attached hydrogens (tertiary/aromatic N) is 2. The monoisotopic (exact) mass is 351 g/mol. The minimum Gasteiger partial charge on any atom is -0.341 e. The Kier molecular flexibility index (Phi) is 6.84. The first-order chi connectivity index (χ1) is 12.8. The van der Waals surface area contributed by atoms with Gasteiger partial charge in [-0.2, -0.15) is 0 Å². The second-order valence-corrected chi connectivity index (χ2v) is 7.10. The van der Waals surface area contributed by atoms with Crippen LogP contribution in [0.3, 0.4) is 0 Å². The quantitative estimate of drug-likeness (QED) is 0.461. The molecule has 26 heavy (non-hydrogen) atoms. The summed E-state index contributed by atoms with van der Waals surface area (Å²) >= 11 is 0. The molecule has 1 aromatic heterocycles. The normalized spacial score (nSPS) is 12.5. The molecule has 138 valence electrons. The third kappa shape index (κ3) is 4.73. The van der Waals surface area contributed by atoms with E-state index in [0.29, 0.717) is 12.6 Å². The van der Waals surface area contributed by atoms with Crippen molar-refractivity contribution in [1.82, 2.24) is 4.57 Å². The fourth-order valence-electron chi connectivity index (χ4n) is 3.47. The molecule has 0 saturated heterocycles. The standard InChI is InChI=1S/C23H31N2O/c1-3-5-11-20(4-2)17-26-19-25-18-24(16-21-12-7-6-8-13-21)22-14-9-10-15-23(22)25/h6-10,12-15,18,20H,3-5,11,16-17,19H2,1-2H3/q+1/t20-/m0/s1. The zero-order chi connectivity index (χ0) is 18.2. The molecule has 0 N–H and O–H groups in total. The Morgan fingerprint density at radius 3 is 2.54 bits per heavy atom. The van der Waals surface area contributed by atoms with E-state index < -0.39 is 0 Å². The molecule has 0 aliphatic rings. The van der Waals surface area contributed by atoms with Crippen LogP contribution >= 0.6 is 0 Å². The Morgan fingerprint density at radius 2 is 1.77 bits per heavy atom. The van der Waals surface area contributed by atoms with Crippen molar-refractivity contribution in [3.63, 3.8) is 0 Å². The second kappa shape index (κ2) is 9.54. The Balaban J connectivity index is 1.70. The van der Waals surface area contributed by atoms with Crippen LogP contribution < -0.4 is 4.57 Å². The van der Waals surface area contributed by atoms with Crippen molar-refractivity contribution in [2.45, 2.75) is 52.8 Å². The third-order valence-electron chi connectivity index (χ3n) is 5.10. The molecule has 0 fully saturated rings. The van der Waals surface area contributed by atoms with Crippen LogP contribution in [0.4, 0.5) is 0 Å². The summed E-state index contributed by atoms with van der Waals surface area (Å²) < 4.78 is 10.6. The summed E-state index contributed by atoms with van der Waals surface area (Å²) in [6.45, 7) is 6.86. The van der Waals surface area contributed by atoms with Crippen molar-refractivity contribution in [2.75, 3.05) is 6.61 Å². The summed E-state index contributed by atoms with van der Waals surface area (Å²) in [5.41, 5.74) is 3.79. The van der Waals surface area contributed by atoms with Crippen LogP contribution in [0.5, 0.6) is 0 Å². The molecule has 0 aliphatic carbocycles. The highest BCUT2D eigenvalue weighted by Gasteiger charge is 2.16. The first kappa shape index (κ1) is 18.7. The molecule has 3 heteroatoms.